The van der Waals surface area contributed by atoms with Gasteiger partial charge in [-0.3, -0.25) is 0 Å². The molecule has 1 aliphatic rings. The predicted molar refractivity (Wildman–Crippen MR) is 58.1 cm³/mol. The lowest BCUT2D eigenvalue weighted by molar-refractivity contribution is -0.140. The van der Waals surface area contributed by atoms with E-state index in [-0.39, 0.29) is 6.29 Å². The molecule has 82 valence electrons. The van der Waals surface area contributed by atoms with Gasteiger partial charge in [-0.15, -0.1) is 0 Å². The Kier molecular flexibility index (Phi) is 5.20. The largest absolute Gasteiger partial charge is 0.353 e. The zero-order chi connectivity index (χ0) is 10.4. The van der Waals surface area contributed by atoms with Crippen LogP contribution in [0.1, 0.15) is 39.5 Å². The van der Waals surface area contributed by atoms with E-state index in [2.05, 4.69) is 6.58 Å². The highest BCUT2D eigenvalue weighted by Crippen LogP contribution is 2.39. The van der Waals surface area contributed by atoms with Gasteiger partial charge in [-0.1, -0.05) is 12.2 Å². The number of rotatable bonds is 8. The second-order valence-corrected chi connectivity index (χ2v) is 3.83. The number of allylic oxidation sites excluding steroid dienone is 1. The monoisotopic (exact) mass is 198 g/mol. The van der Waals surface area contributed by atoms with Crippen molar-refractivity contribution in [2.24, 2.45) is 5.92 Å². The van der Waals surface area contributed by atoms with Crippen LogP contribution in [0.3, 0.4) is 0 Å². The van der Waals surface area contributed by atoms with Crippen LogP contribution in [0.4, 0.5) is 0 Å². The fourth-order valence-electron chi connectivity index (χ4n) is 1.68. The summed E-state index contributed by atoms with van der Waals surface area (Å²) in [5.74, 6) is 0.805. The molecule has 0 aromatic carbocycles. The molecule has 1 unspecified atom stereocenters. The maximum atomic E-state index is 5.47. The molecule has 1 aliphatic carbocycles. The second kappa shape index (κ2) is 6.20. The van der Waals surface area contributed by atoms with Gasteiger partial charge in [0.25, 0.3) is 0 Å². The van der Waals surface area contributed by atoms with Gasteiger partial charge in [0.1, 0.15) is 0 Å². The maximum Gasteiger partial charge on any atom is 0.157 e. The molecule has 0 aliphatic heterocycles. The highest BCUT2D eigenvalue weighted by Gasteiger charge is 2.26. The third kappa shape index (κ3) is 4.25. The van der Waals surface area contributed by atoms with Crippen molar-refractivity contribution in [3.05, 3.63) is 12.2 Å². The Hall–Kier alpha value is -0.340. The molecular weight excluding hydrogens is 176 g/mol. The lowest BCUT2D eigenvalue weighted by atomic mass is 10.1. The first kappa shape index (κ1) is 11.7. The molecule has 0 spiro atoms. The fraction of sp³-hybridized carbons (Fsp3) is 0.833. The summed E-state index contributed by atoms with van der Waals surface area (Å²) in [6, 6.07) is 0. The molecular formula is C12H22O2. The lowest BCUT2D eigenvalue weighted by Crippen LogP contribution is -2.17. The average Bonchev–Trinajstić information content (AvgIpc) is 2.83. The highest BCUT2D eigenvalue weighted by molar-refractivity contribution is 5.18. The number of hydrogen-bond donors (Lipinski definition) is 0. The minimum absolute atomic E-state index is 0.0111. The average molecular weight is 198 g/mol. The zero-order valence-corrected chi connectivity index (χ0v) is 9.42. The molecule has 1 atom stereocenters. The topological polar surface area (TPSA) is 18.5 Å². The molecule has 0 bridgehead atoms. The van der Waals surface area contributed by atoms with E-state index in [1.54, 1.807) is 0 Å². The molecule has 0 N–H and O–H groups in total. The van der Waals surface area contributed by atoms with E-state index < -0.39 is 0 Å². The molecule has 2 nitrogen and oxygen atoms in total. The van der Waals surface area contributed by atoms with Gasteiger partial charge in [0, 0.05) is 13.2 Å². The second-order valence-electron chi connectivity index (χ2n) is 3.83. The molecule has 0 saturated heterocycles. The molecule has 0 amide bonds. The van der Waals surface area contributed by atoms with Crippen LogP contribution in [0, 0.1) is 5.92 Å². The van der Waals surface area contributed by atoms with Crippen LogP contribution in [0.15, 0.2) is 12.2 Å². The van der Waals surface area contributed by atoms with E-state index in [9.17, 15) is 0 Å². The van der Waals surface area contributed by atoms with Crippen molar-refractivity contribution in [1.29, 1.82) is 0 Å². The van der Waals surface area contributed by atoms with Crippen molar-refractivity contribution in [2.45, 2.75) is 45.8 Å². The van der Waals surface area contributed by atoms with Gasteiger partial charge in [-0.25, -0.2) is 0 Å². The van der Waals surface area contributed by atoms with Gasteiger partial charge in [0.2, 0.25) is 0 Å². The van der Waals surface area contributed by atoms with E-state index in [0.29, 0.717) is 0 Å². The summed E-state index contributed by atoms with van der Waals surface area (Å²) < 4.78 is 10.9. The van der Waals surface area contributed by atoms with Crippen molar-refractivity contribution in [3.63, 3.8) is 0 Å². The van der Waals surface area contributed by atoms with Crippen LogP contribution in [0.2, 0.25) is 0 Å². The minimum atomic E-state index is 0.0111. The van der Waals surface area contributed by atoms with E-state index in [4.69, 9.17) is 9.47 Å². The zero-order valence-electron chi connectivity index (χ0n) is 9.42. The Morgan fingerprint density at radius 1 is 1.36 bits per heavy atom. The molecule has 2 heteroatoms. The quantitative estimate of drug-likeness (QED) is 0.440. The first-order chi connectivity index (χ1) is 6.77. The smallest absolute Gasteiger partial charge is 0.157 e. The van der Waals surface area contributed by atoms with E-state index >= 15 is 0 Å². The van der Waals surface area contributed by atoms with Gasteiger partial charge in [0.05, 0.1) is 0 Å². The lowest BCUT2D eigenvalue weighted by Gasteiger charge is -2.16. The first-order valence-electron chi connectivity index (χ1n) is 5.68. The third-order valence-electron chi connectivity index (χ3n) is 2.62. The van der Waals surface area contributed by atoms with Crippen LogP contribution >= 0.6 is 0 Å². The molecule has 1 rings (SSSR count). The van der Waals surface area contributed by atoms with Crippen molar-refractivity contribution in [1.82, 2.24) is 0 Å². The van der Waals surface area contributed by atoms with Crippen LogP contribution in [0.5, 0.6) is 0 Å². The summed E-state index contributed by atoms with van der Waals surface area (Å²) in [6.07, 6.45) is 4.72. The van der Waals surface area contributed by atoms with Crippen molar-refractivity contribution < 1.29 is 9.47 Å². The standard InChI is InChI=1S/C12H22O2/c1-4-13-12(14-5-2)8-6-7-11-9-10(11)3/h11-12H,3-9H2,1-2H3. The number of ether oxygens (including phenoxy) is 2. The summed E-state index contributed by atoms with van der Waals surface area (Å²) >= 11 is 0. The Morgan fingerprint density at radius 2 is 1.93 bits per heavy atom. The molecule has 0 heterocycles. The van der Waals surface area contributed by atoms with Crippen molar-refractivity contribution in [3.8, 4) is 0 Å². The number of hydrogen-bond acceptors (Lipinski definition) is 2. The summed E-state index contributed by atoms with van der Waals surface area (Å²) in [4.78, 5) is 0. The van der Waals surface area contributed by atoms with Crippen LogP contribution in [-0.4, -0.2) is 19.5 Å². The Labute approximate surface area is 87.3 Å². The molecule has 0 aromatic rings. The molecule has 0 radical (unpaired) electrons. The third-order valence-corrected chi connectivity index (χ3v) is 2.62. The van der Waals surface area contributed by atoms with E-state index in [0.717, 1.165) is 25.6 Å². The van der Waals surface area contributed by atoms with Crippen LogP contribution in [0.25, 0.3) is 0 Å². The Morgan fingerprint density at radius 3 is 2.36 bits per heavy atom. The summed E-state index contributed by atoms with van der Waals surface area (Å²) in [6.45, 7) is 9.45. The minimum Gasteiger partial charge on any atom is -0.353 e. The normalized spacial score (nSPS) is 20.5. The van der Waals surface area contributed by atoms with Gasteiger partial charge in [0.15, 0.2) is 6.29 Å². The van der Waals surface area contributed by atoms with E-state index in [1.807, 2.05) is 13.8 Å². The summed E-state index contributed by atoms with van der Waals surface area (Å²) in [7, 11) is 0. The van der Waals surface area contributed by atoms with Crippen molar-refractivity contribution >= 4 is 0 Å². The molecule has 14 heavy (non-hydrogen) atoms. The van der Waals surface area contributed by atoms with Crippen molar-refractivity contribution in [2.75, 3.05) is 13.2 Å². The van der Waals surface area contributed by atoms with Gasteiger partial charge in [-0.05, 0) is 45.4 Å². The van der Waals surface area contributed by atoms with Crippen LogP contribution < -0.4 is 0 Å². The molecule has 1 fully saturated rings. The Bertz CT molecular complexity index is 171. The van der Waals surface area contributed by atoms with Gasteiger partial charge in [-0.2, -0.15) is 0 Å². The molecule has 0 aromatic heterocycles. The SMILES string of the molecule is C=C1CC1CCCC(OCC)OCC. The maximum absolute atomic E-state index is 5.47. The van der Waals surface area contributed by atoms with Gasteiger partial charge >= 0.3 is 0 Å². The Balaban J connectivity index is 2.03. The van der Waals surface area contributed by atoms with Gasteiger partial charge < -0.3 is 9.47 Å². The molecule has 1 saturated carbocycles. The predicted octanol–water partition coefficient (Wildman–Crippen LogP) is 3.13. The highest BCUT2D eigenvalue weighted by atomic mass is 16.7. The van der Waals surface area contributed by atoms with Crippen LogP contribution in [-0.2, 0) is 9.47 Å². The first-order valence-corrected chi connectivity index (χ1v) is 5.68. The summed E-state index contributed by atoms with van der Waals surface area (Å²) in [5, 5.41) is 0. The summed E-state index contributed by atoms with van der Waals surface area (Å²) in [5.41, 5.74) is 1.43. The van der Waals surface area contributed by atoms with E-state index in [1.165, 1.54) is 24.8 Å². The fourth-order valence-corrected chi connectivity index (χ4v) is 1.68.